The van der Waals surface area contributed by atoms with Gasteiger partial charge in [-0.1, -0.05) is 6.07 Å². The molecule has 1 heterocycles. The molecule has 1 N–H and O–H groups in total. The molecule has 1 unspecified atom stereocenters. The molecule has 2 aromatic rings. The Morgan fingerprint density at radius 2 is 1.81 bits per heavy atom. The van der Waals surface area contributed by atoms with E-state index < -0.39 is 22.9 Å². The minimum atomic E-state index is -1.18. The van der Waals surface area contributed by atoms with Crippen LogP contribution in [0.4, 0.5) is 11.4 Å². The standard InChI is InChI=1S/C25H29N3O8/c1-3-34-22-14-18(10-11-21(22)35-16-23(29)27-12-5-4-6-13-27)25(31)36-17(2)24(30)26-19-8-7-9-20(15-19)28(32)33/h7-11,14-15,17H,3-6,12-13,16H2,1-2H3,(H,26,30). The van der Waals surface area contributed by atoms with Gasteiger partial charge in [0, 0.05) is 30.9 Å². The van der Waals surface area contributed by atoms with Crippen LogP contribution in [0.2, 0.25) is 0 Å². The molecule has 2 amide bonds. The predicted molar refractivity (Wildman–Crippen MR) is 130 cm³/mol. The van der Waals surface area contributed by atoms with E-state index in [0.29, 0.717) is 12.4 Å². The summed E-state index contributed by atoms with van der Waals surface area (Å²) >= 11 is 0. The lowest BCUT2D eigenvalue weighted by atomic mass is 10.1. The van der Waals surface area contributed by atoms with E-state index in [9.17, 15) is 24.5 Å². The summed E-state index contributed by atoms with van der Waals surface area (Å²) in [5.74, 6) is -0.940. The number of hydrogen-bond donors (Lipinski definition) is 1. The molecule has 0 spiro atoms. The normalized spacial score (nSPS) is 13.9. The second-order valence-corrected chi connectivity index (χ2v) is 8.17. The van der Waals surface area contributed by atoms with Crippen LogP contribution in [0.25, 0.3) is 0 Å². The third-order valence-corrected chi connectivity index (χ3v) is 5.52. The van der Waals surface area contributed by atoms with Gasteiger partial charge in [-0.3, -0.25) is 19.7 Å². The van der Waals surface area contributed by atoms with Crippen LogP contribution in [0, 0.1) is 10.1 Å². The van der Waals surface area contributed by atoms with E-state index in [2.05, 4.69) is 5.32 Å². The van der Waals surface area contributed by atoms with Crippen molar-refractivity contribution in [1.82, 2.24) is 4.90 Å². The highest BCUT2D eigenvalue weighted by atomic mass is 16.6. The number of nitrogens with one attached hydrogen (secondary N) is 1. The van der Waals surface area contributed by atoms with Gasteiger partial charge in [0.15, 0.2) is 24.2 Å². The Morgan fingerprint density at radius 3 is 2.50 bits per heavy atom. The molecule has 3 rings (SSSR count). The third kappa shape index (κ3) is 7.17. The molecule has 0 aromatic heterocycles. The van der Waals surface area contributed by atoms with Gasteiger partial charge in [0.1, 0.15) is 0 Å². The number of amides is 2. The first-order chi connectivity index (χ1) is 17.3. The summed E-state index contributed by atoms with van der Waals surface area (Å²) in [6, 6.07) is 9.82. The first-order valence-electron chi connectivity index (χ1n) is 11.7. The van der Waals surface area contributed by atoms with Crippen LogP contribution in [-0.4, -0.2) is 60.0 Å². The Hall–Kier alpha value is -4.15. The predicted octanol–water partition coefficient (Wildman–Crippen LogP) is 3.57. The van der Waals surface area contributed by atoms with Gasteiger partial charge in [-0.05, 0) is 57.4 Å². The van der Waals surface area contributed by atoms with Gasteiger partial charge < -0.3 is 24.4 Å². The van der Waals surface area contributed by atoms with Gasteiger partial charge in [-0.2, -0.15) is 0 Å². The van der Waals surface area contributed by atoms with Gasteiger partial charge in [0.05, 0.1) is 17.1 Å². The number of benzene rings is 2. The molecule has 0 radical (unpaired) electrons. The molecular formula is C25H29N3O8. The lowest BCUT2D eigenvalue weighted by Gasteiger charge is -2.26. The smallest absolute Gasteiger partial charge is 0.339 e. The van der Waals surface area contributed by atoms with Crippen molar-refractivity contribution in [3.05, 3.63) is 58.1 Å². The number of nitro benzene ring substituents is 1. The van der Waals surface area contributed by atoms with Gasteiger partial charge >= 0.3 is 5.97 Å². The van der Waals surface area contributed by atoms with Crippen molar-refractivity contribution in [2.45, 2.75) is 39.2 Å². The van der Waals surface area contributed by atoms with Gasteiger partial charge in [0.2, 0.25) is 0 Å². The zero-order chi connectivity index (χ0) is 26.1. The quantitative estimate of drug-likeness (QED) is 0.298. The number of ether oxygens (including phenoxy) is 3. The number of likely N-dealkylation sites (tertiary alicyclic amines) is 1. The molecule has 1 aliphatic heterocycles. The summed E-state index contributed by atoms with van der Waals surface area (Å²) in [7, 11) is 0. The summed E-state index contributed by atoms with van der Waals surface area (Å²) in [4.78, 5) is 49.6. The average Bonchev–Trinajstić information content (AvgIpc) is 2.88. The van der Waals surface area contributed by atoms with Crippen LogP contribution in [0.3, 0.4) is 0 Å². The number of hydrogen-bond acceptors (Lipinski definition) is 8. The van der Waals surface area contributed by atoms with E-state index in [0.717, 1.165) is 32.4 Å². The largest absolute Gasteiger partial charge is 0.490 e. The van der Waals surface area contributed by atoms with E-state index >= 15 is 0 Å². The van der Waals surface area contributed by atoms with Crippen LogP contribution in [0.5, 0.6) is 11.5 Å². The number of rotatable bonds is 10. The Bertz CT molecular complexity index is 1110. The van der Waals surface area contributed by atoms with Crippen molar-refractivity contribution >= 4 is 29.2 Å². The maximum Gasteiger partial charge on any atom is 0.339 e. The molecule has 2 aromatic carbocycles. The molecule has 192 valence electrons. The number of piperidine rings is 1. The van der Waals surface area contributed by atoms with Crippen molar-refractivity contribution in [2.75, 3.05) is 31.6 Å². The van der Waals surface area contributed by atoms with Crippen LogP contribution in [0.1, 0.15) is 43.5 Å². The molecule has 1 saturated heterocycles. The number of nitro groups is 1. The topological polar surface area (TPSA) is 137 Å². The summed E-state index contributed by atoms with van der Waals surface area (Å²) in [6.07, 6.45) is 1.90. The van der Waals surface area contributed by atoms with Crippen molar-refractivity contribution in [3.8, 4) is 11.5 Å². The van der Waals surface area contributed by atoms with Crippen molar-refractivity contribution in [1.29, 1.82) is 0 Å². The summed E-state index contributed by atoms with van der Waals surface area (Å²) < 4.78 is 16.5. The van der Waals surface area contributed by atoms with Crippen LogP contribution < -0.4 is 14.8 Å². The molecule has 1 aliphatic rings. The first kappa shape index (κ1) is 26.5. The SMILES string of the molecule is CCOc1cc(C(=O)OC(C)C(=O)Nc2cccc([N+](=O)[O-])c2)ccc1OCC(=O)N1CCCCC1. The molecule has 36 heavy (non-hydrogen) atoms. The fourth-order valence-electron chi connectivity index (χ4n) is 3.62. The molecule has 0 aliphatic carbocycles. The summed E-state index contributed by atoms with van der Waals surface area (Å²) in [5, 5.41) is 13.4. The first-order valence-corrected chi connectivity index (χ1v) is 11.7. The highest BCUT2D eigenvalue weighted by Gasteiger charge is 2.22. The second kappa shape index (κ2) is 12.5. The monoisotopic (exact) mass is 499 g/mol. The summed E-state index contributed by atoms with van der Waals surface area (Å²) in [6.45, 7) is 4.76. The fraction of sp³-hybridized carbons (Fsp3) is 0.400. The lowest BCUT2D eigenvalue weighted by molar-refractivity contribution is -0.384. The second-order valence-electron chi connectivity index (χ2n) is 8.17. The van der Waals surface area contributed by atoms with E-state index in [1.807, 2.05) is 0 Å². The third-order valence-electron chi connectivity index (χ3n) is 5.52. The van der Waals surface area contributed by atoms with E-state index in [1.54, 1.807) is 11.8 Å². The lowest BCUT2D eigenvalue weighted by Crippen LogP contribution is -2.38. The number of non-ortho nitro benzene ring substituents is 1. The summed E-state index contributed by atoms with van der Waals surface area (Å²) in [5.41, 5.74) is 0.153. The number of anilines is 1. The molecule has 11 nitrogen and oxygen atoms in total. The minimum absolute atomic E-state index is 0.107. The highest BCUT2D eigenvalue weighted by Crippen LogP contribution is 2.29. The van der Waals surface area contributed by atoms with Gasteiger partial charge in [-0.15, -0.1) is 0 Å². The maximum atomic E-state index is 12.6. The zero-order valence-corrected chi connectivity index (χ0v) is 20.2. The van der Waals surface area contributed by atoms with E-state index in [1.165, 1.54) is 49.4 Å². The molecular weight excluding hydrogens is 470 g/mol. The molecule has 1 fully saturated rings. The molecule has 1 atom stereocenters. The van der Waals surface area contributed by atoms with E-state index in [4.69, 9.17) is 14.2 Å². The number of nitrogens with zero attached hydrogens (tertiary/aromatic N) is 2. The average molecular weight is 500 g/mol. The van der Waals surface area contributed by atoms with Gasteiger partial charge in [-0.25, -0.2) is 4.79 Å². The van der Waals surface area contributed by atoms with Crippen LogP contribution >= 0.6 is 0 Å². The molecule has 0 saturated carbocycles. The Labute approximate surface area is 208 Å². The molecule has 11 heteroatoms. The Kier molecular flexibility index (Phi) is 9.20. The van der Waals surface area contributed by atoms with Crippen molar-refractivity contribution in [3.63, 3.8) is 0 Å². The van der Waals surface area contributed by atoms with Crippen LogP contribution in [-0.2, 0) is 14.3 Å². The van der Waals surface area contributed by atoms with Crippen molar-refractivity contribution < 1.29 is 33.5 Å². The zero-order valence-electron chi connectivity index (χ0n) is 20.2. The van der Waals surface area contributed by atoms with Crippen molar-refractivity contribution in [2.24, 2.45) is 0 Å². The highest BCUT2D eigenvalue weighted by molar-refractivity contribution is 5.97. The fourth-order valence-corrected chi connectivity index (χ4v) is 3.62. The number of carbonyl (C=O) groups is 3. The Balaban J connectivity index is 1.61. The van der Waals surface area contributed by atoms with E-state index in [-0.39, 0.29) is 35.2 Å². The van der Waals surface area contributed by atoms with Gasteiger partial charge in [0.25, 0.3) is 17.5 Å². The number of carbonyl (C=O) groups excluding carboxylic acids is 3. The van der Waals surface area contributed by atoms with Crippen LogP contribution in [0.15, 0.2) is 42.5 Å². The molecule has 0 bridgehead atoms. The minimum Gasteiger partial charge on any atom is -0.490 e. The maximum absolute atomic E-state index is 12.6. The number of esters is 1. The Morgan fingerprint density at radius 1 is 1.06 bits per heavy atom.